The SMILES string of the molecule is CC1(C)C2CCC1(C)C(OC(=O)C(O)CCN)C2. The summed E-state index contributed by atoms with van der Waals surface area (Å²) < 4.78 is 5.55. The van der Waals surface area contributed by atoms with Crippen molar-refractivity contribution in [2.24, 2.45) is 22.5 Å². The van der Waals surface area contributed by atoms with Crippen molar-refractivity contribution in [3.8, 4) is 0 Å². The quantitative estimate of drug-likeness (QED) is 0.746. The highest BCUT2D eigenvalue weighted by molar-refractivity contribution is 5.74. The Morgan fingerprint density at radius 2 is 2.17 bits per heavy atom. The number of hydrogen-bond donors (Lipinski definition) is 2. The number of fused-ring (bicyclic) bond motifs is 2. The molecule has 3 N–H and O–H groups in total. The van der Waals surface area contributed by atoms with Crippen molar-refractivity contribution in [1.29, 1.82) is 0 Å². The van der Waals surface area contributed by atoms with Crippen LogP contribution in [0.5, 0.6) is 0 Å². The minimum absolute atomic E-state index is 0.0498. The Bertz CT molecular complexity index is 342. The first kappa shape index (κ1) is 13.8. The van der Waals surface area contributed by atoms with Crippen LogP contribution in [0.25, 0.3) is 0 Å². The largest absolute Gasteiger partial charge is 0.460 e. The molecule has 4 nitrogen and oxygen atoms in total. The molecule has 0 aromatic carbocycles. The smallest absolute Gasteiger partial charge is 0.335 e. The zero-order valence-corrected chi connectivity index (χ0v) is 11.6. The van der Waals surface area contributed by atoms with Crippen LogP contribution >= 0.6 is 0 Å². The molecule has 104 valence electrons. The Kier molecular flexibility index (Phi) is 3.45. The van der Waals surface area contributed by atoms with E-state index >= 15 is 0 Å². The molecule has 0 aliphatic heterocycles. The maximum absolute atomic E-state index is 11.8. The number of esters is 1. The van der Waals surface area contributed by atoms with Crippen LogP contribution in [0.3, 0.4) is 0 Å². The molecule has 0 spiro atoms. The van der Waals surface area contributed by atoms with Crippen LogP contribution in [-0.4, -0.2) is 29.8 Å². The summed E-state index contributed by atoms with van der Waals surface area (Å²) in [6, 6.07) is 0. The van der Waals surface area contributed by atoms with Crippen molar-refractivity contribution >= 4 is 5.97 Å². The van der Waals surface area contributed by atoms with Gasteiger partial charge in [0.2, 0.25) is 0 Å². The highest BCUT2D eigenvalue weighted by Gasteiger charge is 2.62. The average molecular weight is 255 g/mol. The molecule has 4 unspecified atom stereocenters. The van der Waals surface area contributed by atoms with Crippen molar-refractivity contribution in [1.82, 2.24) is 0 Å². The summed E-state index contributed by atoms with van der Waals surface area (Å²) in [4.78, 5) is 11.8. The summed E-state index contributed by atoms with van der Waals surface area (Å²) in [5.41, 5.74) is 5.61. The molecule has 0 saturated heterocycles. The van der Waals surface area contributed by atoms with Crippen molar-refractivity contribution in [2.75, 3.05) is 6.54 Å². The number of nitrogens with two attached hydrogens (primary N) is 1. The number of ether oxygens (including phenoxy) is 1. The lowest BCUT2D eigenvalue weighted by Crippen LogP contribution is -2.40. The van der Waals surface area contributed by atoms with Gasteiger partial charge in [-0.15, -0.1) is 0 Å². The maximum atomic E-state index is 11.8. The van der Waals surface area contributed by atoms with Gasteiger partial charge in [-0.1, -0.05) is 20.8 Å². The lowest BCUT2D eigenvalue weighted by atomic mass is 9.70. The van der Waals surface area contributed by atoms with Crippen LogP contribution in [0, 0.1) is 16.7 Å². The minimum Gasteiger partial charge on any atom is -0.460 e. The predicted octanol–water partition coefficient (Wildman–Crippen LogP) is 1.45. The van der Waals surface area contributed by atoms with Gasteiger partial charge in [-0.3, -0.25) is 0 Å². The van der Waals surface area contributed by atoms with Crippen LogP contribution in [-0.2, 0) is 9.53 Å². The number of rotatable bonds is 4. The minimum atomic E-state index is -1.07. The Labute approximate surface area is 109 Å². The lowest BCUT2D eigenvalue weighted by Gasteiger charge is -2.38. The Balaban J connectivity index is 2.03. The van der Waals surface area contributed by atoms with Gasteiger partial charge in [0, 0.05) is 5.41 Å². The number of aliphatic hydroxyl groups excluding tert-OH is 1. The van der Waals surface area contributed by atoms with Gasteiger partial charge in [-0.05, 0) is 43.6 Å². The highest BCUT2D eigenvalue weighted by atomic mass is 16.6. The normalized spacial score (nSPS) is 38.7. The zero-order valence-electron chi connectivity index (χ0n) is 11.6. The van der Waals surface area contributed by atoms with E-state index in [2.05, 4.69) is 20.8 Å². The molecule has 2 aliphatic carbocycles. The summed E-state index contributed by atoms with van der Waals surface area (Å²) in [5, 5.41) is 9.61. The molecule has 0 aromatic rings. The van der Waals surface area contributed by atoms with Gasteiger partial charge in [-0.2, -0.15) is 0 Å². The number of aliphatic hydroxyl groups is 1. The van der Waals surface area contributed by atoms with E-state index < -0.39 is 12.1 Å². The van der Waals surface area contributed by atoms with Gasteiger partial charge in [0.15, 0.2) is 6.10 Å². The number of hydrogen-bond acceptors (Lipinski definition) is 4. The number of carbonyl (C=O) groups excluding carboxylic acids is 1. The Hall–Kier alpha value is -0.610. The molecular weight excluding hydrogens is 230 g/mol. The van der Waals surface area contributed by atoms with Gasteiger partial charge < -0.3 is 15.6 Å². The van der Waals surface area contributed by atoms with E-state index in [1.165, 1.54) is 6.42 Å². The first-order valence-electron chi connectivity index (χ1n) is 6.91. The second-order valence-electron chi connectivity index (χ2n) is 6.63. The van der Waals surface area contributed by atoms with Crippen molar-refractivity contribution in [3.05, 3.63) is 0 Å². The van der Waals surface area contributed by atoms with E-state index in [-0.39, 0.29) is 23.4 Å². The molecule has 2 bridgehead atoms. The van der Waals surface area contributed by atoms with Crippen LogP contribution < -0.4 is 5.73 Å². The molecular formula is C14H25NO3. The molecule has 18 heavy (non-hydrogen) atoms. The summed E-state index contributed by atoms with van der Waals surface area (Å²) in [6.07, 6.45) is 2.42. The topological polar surface area (TPSA) is 72.5 Å². The first-order valence-corrected chi connectivity index (χ1v) is 6.91. The zero-order chi connectivity index (χ0) is 13.6. The predicted molar refractivity (Wildman–Crippen MR) is 68.8 cm³/mol. The second kappa shape index (κ2) is 4.49. The fourth-order valence-electron chi connectivity index (χ4n) is 3.80. The fourth-order valence-corrected chi connectivity index (χ4v) is 3.80. The van der Waals surface area contributed by atoms with Gasteiger partial charge in [0.1, 0.15) is 6.10 Å². The second-order valence-corrected chi connectivity index (χ2v) is 6.63. The monoisotopic (exact) mass is 255 g/mol. The van der Waals surface area contributed by atoms with Crippen molar-refractivity contribution in [3.63, 3.8) is 0 Å². The third kappa shape index (κ3) is 1.86. The van der Waals surface area contributed by atoms with Gasteiger partial charge >= 0.3 is 5.97 Å². The fraction of sp³-hybridized carbons (Fsp3) is 0.929. The van der Waals surface area contributed by atoms with Gasteiger partial charge in [-0.25, -0.2) is 4.79 Å². The standard InChI is InChI=1S/C14H25NO3/c1-13(2)9-4-6-14(13,3)11(8-9)18-12(17)10(16)5-7-15/h9-11,16H,4-8,15H2,1-3H3. The van der Waals surface area contributed by atoms with E-state index in [0.29, 0.717) is 12.5 Å². The van der Waals surface area contributed by atoms with E-state index in [1.807, 2.05) is 0 Å². The van der Waals surface area contributed by atoms with Crippen LogP contribution in [0.2, 0.25) is 0 Å². The van der Waals surface area contributed by atoms with Gasteiger partial charge in [0.05, 0.1) is 0 Å². The molecule has 2 rings (SSSR count). The van der Waals surface area contributed by atoms with E-state index in [1.54, 1.807) is 0 Å². The molecule has 4 heteroatoms. The van der Waals surface area contributed by atoms with E-state index in [0.717, 1.165) is 12.8 Å². The summed E-state index contributed by atoms with van der Waals surface area (Å²) in [5.74, 6) is 0.127. The maximum Gasteiger partial charge on any atom is 0.335 e. The molecule has 0 aromatic heterocycles. The molecule has 4 atom stereocenters. The van der Waals surface area contributed by atoms with Crippen LogP contribution in [0.15, 0.2) is 0 Å². The van der Waals surface area contributed by atoms with E-state index in [4.69, 9.17) is 10.5 Å². The summed E-state index contributed by atoms with van der Waals surface area (Å²) in [6.45, 7) is 7.06. The molecule has 2 fully saturated rings. The number of carbonyl (C=O) groups is 1. The summed E-state index contributed by atoms with van der Waals surface area (Å²) >= 11 is 0. The van der Waals surface area contributed by atoms with Crippen LogP contribution in [0.4, 0.5) is 0 Å². The lowest BCUT2D eigenvalue weighted by molar-refractivity contribution is -0.167. The third-order valence-electron chi connectivity index (χ3n) is 5.68. The first-order chi connectivity index (χ1) is 8.33. The highest BCUT2D eigenvalue weighted by Crippen LogP contribution is 2.66. The Morgan fingerprint density at radius 1 is 1.50 bits per heavy atom. The molecule has 0 heterocycles. The third-order valence-corrected chi connectivity index (χ3v) is 5.68. The molecule has 2 saturated carbocycles. The Morgan fingerprint density at radius 3 is 2.61 bits per heavy atom. The molecule has 0 radical (unpaired) electrons. The average Bonchev–Trinajstić information content (AvgIpc) is 2.62. The van der Waals surface area contributed by atoms with Gasteiger partial charge in [0.25, 0.3) is 0 Å². The van der Waals surface area contributed by atoms with Crippen molar-refractivity contribution < 1.29 is 14.6 Å². The summed E-state index contributed by atoms with van der Waals surface area (Å²) in [7, 11) is 0. The van der Waals surface area contributed by atoms with Crippen molar-refractivity contribution in [2.45, 2.75) is 58.7 Å². The molecule has 0 amide bonds. The van der Waals surface area contributed by atoms with Crippen LogP contribution in [0.1, 0.15) is 46.5 Å². The molecule has 2 aliphatic rings. The van der Waals surface area contributed by atoms with E-state index in [9.17, 15) is 9.90 Å².